The highest BCUT2D eigenvalue weighted by Gasteiger charge is 2.27. The van der Waals surface area contributed by atoms with Crippen molar-refractivity contribution in [1.82, 2.24) is 9.55 Å². The summed E-state index contributed by atoms with van der Waals surface area (Å²) in [6, 6.07) is 8.34. The van der Waals surface area contributed by atoms with Crippen molar-refractivity contribution in [3.8, 4) is 5.75 Å². The van der Waals surface area contributed by atoms with Gasteiger partial charge >= 0.3 is 5.69 Å². The molecule has 1 aromatic carbocycles. The molecule has 2 heterocycles. The number of benzene rings is 1. The summed E-state index contributed by atoms with van der Waals surface area (Å²) in [7, 11) is 0. The maximum Gasteiger partial charge on any atom is 0.330 e. The average molecular weight is 245 g/mol. The van der Waals surface area contributed by atoms with E-state index in [1.54, 1.807) is 0 Å². The van der Waals surface area contributed by atoms with Crippen LogP contribution >= 0.6 is 0 Å². The zero-order valence-electron chi connectivity index (χ0n) is 9.42. The second-order valence-electron chi connectivity index (χ2n) is 4.10. The van der Waals surface area contributed by atoms with Crippen molar-refractivity contribution in [2.45, 2.75) is 6.04 Å². The van der Waals surface area contributed by atoms with Crippen molar-refractivity contribution in [3.05, 3.63) is 56.7 Å². The molecular weight excluding hydrogens is 234 g/mol. The number of hydrogen-bond acceptors (Lipinski definition) is 4. The molecule has 0 saturated carbocycles. The number of aromatic nitrogens is 2. The SMILES string of the molecule is Nc1cc(=O)[nH]c(=O)n1C1COc2ccccc21. The van der Waals surface area contributed by atoms with Crippen LogP contribution in [0.2, 0.25) is 0 Å². The quantitative estimate of drug-likeness (QED) is 0.745. The minimum absolute atomic E-state index is 0.133. The van der Waals surface area contributed by atoms with Crippen molar-refractivity contribution in [3.63, 3.8) is 0 Å². The Bertz CT molecular complexity index is 717. The number of hydrogen-bond donors (Lipinski definition) is 2. The summed E-state index contributed by atoms with van der Waals surface area (Å²) in [6.07, 6.45) is 0. The van der Waals surface area contributed by atoms with Crippen LogP contribution in [0.5, 0.6) is 5.75 Å². The standard InChI is InChI=1S/C12H11N3O3/c13-10-5-11(16)14-12(17)15(10)8-6-18-9-4-2-1-3-7(8)9/h1-5,8H,6,13H2,(H,14,16,17). The first kappa shape index (κ1) is 10.6. The Morgan fingerprint density at radius 1 is 1.33 bits per heavy atom. The van der Waals surface area contributed by atoms with E-state index in [0.29, 0.717) is 6.61 Å². The van der Waals surface area contributed by atoms with Gasteiger partial charge in [-0.3, -0.25) is 14.3 Å². The Balaban J connectivity index is 2.19. The Morgan fingerprint density at radius 2 is 2.11 bits per heavy atom. The van der Waals surface area contributed by atoms with Gasteiger partial charge in [0.25, 0.3) is 5.56 Å². The second-order valence-corrected chi connectivity index (χ2v) is 4.10. The zero-order valence-corrected chi connectivity index (χ0v) is 9.42. The molecule has 0 saturated heterocycles. The molecule has 92 valence electrons. The number of nitrogens with one attached hydrogen (secondary N) is 1. The summed E-state index contributed by atoms with van der Waals surface area (Å²) in [4.78, 5) is 25.2. The van der Waals surface area contributed by atoms with Gasteiger partial charge in [-0.2, -0.15) is 0 Å². The molecule has 6 heteroatoms. The van der Waals surface area contributed by atoms with Crippen LogP contribution < -0.4 is 21.7 Å². The molecule has 18 heavy (non-hydrogen) atoms. The molecule has 2 aromatic rings. The first-order chi connectivity index (χ1) is 8.66. The summed E-state index contributed by atoms with van der Waals surface area (Å²) in [5, 5.41) is 0. The van der Waals surface area contributed by atoms with E-state index in [0.717, 1.165) is 11.3 Å². The molecule has 0 spiro atoms. The molecule has 0 aliphatic carbocycles. The molecule has 0 fully saturated rings. The predicted octanol–water partition coefficient (Wildman–Crippen LogP) is 0.101. The molecule has 1 aromatic heterocycles. The minimum atomic E-state index is -0.523. The van der Waals surface area contributed by atoms with Gasteiger partial charge in [-0.05, 0) is 6.07 Å². The number of nitrogens with zero attached hydrogens (tertiary/aromatic N) is 1. The molecule has 1 unspecified atom stereocenters. The van der Waals surface area contributed by atoms with Crippen LogP contribution in [0.4, 0.5) is 5.82 Å². The Morgan fingerprint density at radius 3 is 2.89 bits per heavy atom. The number of ether oxygens (including phenoxy) is 1. The highest BCUT2D eigenvalue weighted by Crippen LogP contribution is 2.34. The zero-order chi connectivity index (χ0) is 12.7. The Labute approximate surface area is 102 Å². The van der Waals surface area contributed by atoms with Crippen molar-refractivity contribution < 1.29 is 4.74 Å². The minimum Gasteiger partial charge on any atom is -0.491 e. The maximum absolute atomic E-state index is 11.8. The topological polar surface area (TPSA) is 90.1 Å². The molecule has 0 bridgehead atoms. The van der Waals surface area contributed by atoms with Crippen molar-refractivity contribution in [2.75, 3.05) is 12.3 Å². The van der Waals surface area contributed by atoms with E-state index >= 15 is 0 Å². The summed E-state index contributed by atoms with van der Waals surface area (Å²) in [6.45, 7) is 0.329. The fraction of sp³-hybridized carbons (Fsp3) is 0.167. The van der Waals surface area contributed by atoms with E-state index in [-0.39, 0.29) is 11.9 Å². The number of anilines is 1. The van der Waals surface area contributed by atoms with Crippen LogP contribution in [-0.2, 0) is 0 Å². The smallest absolute Gasteiger partial charge is 0.330 e. The van der Waals surface area contributed by atoms with Crippen LogP contribution in [0.1, 0.15) is 11.6 Å². The number of rotatable bonds is 1. The molecule has 0 radical (unpaired) electrons. The maximum atomic E-state index is 11.8. The number of para-hydroxylation sites is 1. The molecule has 1 aliphatic heterocycles. The van der Waals surface area contributed by atoms with Crippen LogP contribution in [0.25, 0.3) is 0 Å². The summed E-state index contributed by atoms with van der Waals surface area (Å²) < 4.78 is 6.84. The summed E-state index contributed by atoms with van der Waals surface area (Å²) >= 11 is 0. The number of fused-ring (bicyclic) bond motifs is 1. The lowest BCUT2D eigenvalue weighted by Crippen LogP contribution is -2.34. The molecule has 6 nitrogen and oxygen atoms in total. The van der Waals surface area contributed by atoms with E-state index in [1.165, 1.54) is 10.6 Å². The van der Waals surface area contributed by atoms with Gasteiger partial charge in [0, 0.05) is 11.6 Å². The number of nitrogen functional groups attached to an aromatic ring is 1. The number of nitrogens with two attached hydrogens (primary N) is 1. The van der Waals surface area contributed by atoms with Gasteiger partial charge in [0.15, 0.2) is 0 Å². The first-order valence-corrected chi connectivity index (χ1v) is 5.50. The lowest BCUT2D eigenvalue weighted by molar-refractivity contribution is 0.314. The Hall–Kier alpha value is -2.50. The van der Waals surface area contributed by atoms with Crippen LogP contribution in [0, 0.1) is 0 Å². The van der Waals surface area contributed by atoms with Gasteiger partial charge in [-0.1, -0.05) is 18.2 Å². The van der Waals surface area contributed by atoms with Gasteiger partial charge in [0.1, 0.15) is 24.2 Å². The summed E-state index contributed by atoms with van der Waals surface area (Å²) in [5.74, 6) is 0.869. The van der Waals surface area contributed by atoms with E-state index in [2.05, 4.69) is 4.98 Å². The van der Waals surface area contributed by atoms with E-state index in [1.807, 2.05) is 24.3 Å². The third-order valence-corrected chi connectivity index (χ3v) is 2.99. The van der Waals surface area contributed by atoms with Gasteiger partial charge in [0.2, 0.25) is 0 Å². The lowest BCUT2D eigenvalue weighted by Gasteiger charge is -2.14. The van der Waals surface area contributed by atoms with Gasteiger partial charge in [-0.15, -0.1) is 0 Å². The van der Waals surface area contributed by atoms with Crippen molar-refractivity contribution in [2.24, 2.45) is 0 Å². The number of aromatic amines is 1. The molecule has 1 atom stereocenters. The average Bonchev–Trinajstić information content (AvgIpc) is 2.72. The molecule has 1 aliphatic rings. The fourth-order valence-corrected chi connectivity index (χ4v) is 2.20. The molecule has 0 amide bonds. The van der Waals surface area contributed by atoms with E-state index in [9.17, 15) is 9.59 Å². The van der Waals surface area contributed by atoms with Crippen LogP contribution in [0.3, 0.4) is 0 Å². The molecular formula is C12H11N3O3. The fourth-order valence-electron chi connectivity index (χ4n) is 2.20. The Kier molecular flexibility index (Phi) is 2.22. The summed E-state index contributed by atoms with van der Waals surface area (Å²) in [5.41, 5.74) is 5.61. The highest BCUT2D eigenvalue weighted by atomic mass is 16.5. The third-order valence-electron chi connectivity index (χ3n) is 2.99. The van der Waals surface area contributed by atoms with Gasteiger partial charge in [0.05, 0.1) is 0 Å². The van der Waals surface area contributed by atoms with E-state index < -0.39 is 11.2 Å². The van der Waals surface area contributed by atoms with Crippen LogP contribution in [-0.4, -0.2) is 16.2 Å². The van der Waals surface area contributed by atoms with E-state index in [4.69, 9.17) is 10.5 Å². The third kappa shape index (κ3) is 1.50. The predicted molar refractivity (Wildman–Crippen MR) is 65.8 cm³/mol. The molecule has 3 rings (SSSR count). The monoisotopic (exact) mass is 245 g/mol. The van der Waals surface area contributed by atoms with Crippen molar-refractivity contribution >= 4 is 5.82 Å². The second kappa shape index (κ2) is 3.76. The first-order valence-electron chi connectivity index (χ1n) is 5.50. The van der Waals surface area contributed by atoms with Crippen LogP contribution in [0.15, 0.2) is 39.9 Å². The van der Waals surface area contributed by atoms with Gasteiger partial charge < -0.3 is 10.5 Å². The molecule has 3 N–H and O–H groups in total. The van der Waals surface area contributed by atoms with Crippen molar-refractivity contribution in [1.29, 1.82) is 0 Å². The largest absolute Gasteiger partial charge is 0.491 e. The number of H-pyrrole nitrogens is 1. The van der Waals surface area contributed by atoms with Gasteiger partial charge in [-0.25, -0.2) is 4.79 Å². The highest BCUT2D eigenvalue weighted by molar-refractivity contribution is 5.42. The normalized spacial score (nSPS) is 17.2. The lowest BCUT2D eigenvalue weighted by atomic mass is 10.1.